The third-order valence-electron chi connectivity index (χ3n) is 7.62. The van der Waals surface area contributed by atoms with Crippen LogP contribution in [0.5, 0.6) is 0 Å². The van der Waals surface area contributed by atoms with Crippen LogP contribution >= 0.6 is 0 Å². The summed E-state index contributed by atoms with van der Waals surface area (Å²) in [6.45, 7) is 11.7. The minimum Gasteiger partial charge on any atom is -0.469 e. The molecule has 0 unspecified atom stereocenters. The van der Waals surface area contributed by atoms with Gasteiger partial charge in [0.15, 0.2) is 0 Å². The van der Waals surface area contributed by atoms with Crippen molar-refractivity contribution in [3.8, 4) is 0 Å². The van der Waals surface area contributed by atoms with Crippen molar-refractivity contribution >= 4 is 5.97 Å². The number of hydrogen-bond donors (Lipinski definition) is 0. The molecule has 0 aromatic carbocycles. The molecule has 4 atom stereocenters. The first-order chi connectivity index (χ1) is 11.1. The molecule has 0 amide bonds. The lowest BCUT2D eigenvalue weighted by Gasteiger charge is -2.61. The van der Waals surface area contributed by atoms with Gasteiger partial charge in [0, 0.05) is 5.41 Å². The highest BCUT2D eigenvalue weighted by molar-refractivity contribution is 5.70. The van der Waals surface area contributed by atoms with Gasteiger partial charge in [0.2, 0.25) is 0 Å². The van der Waals surface area contributed by atoms with Crippen LogP contribution in [-0.2, 0) is 14.3 Å². The summed E-state index contributed by atoms with van der Waals surface area (Å²) in [6, 6.07) is 0. The number of allylic oxidation sites excluding steroid dienone is 1. The van der Waals surface area contributed by atoms with Crippen molar-refractivity contribution in [3.63, 3.8) is 0 Å². The van der Waals surface area contributed by atoms with E-state index in [1.165, 1.54) is 31.9 Å². The van der Waals surface area contributed by atoms with Gasteiger partial charge in [-0.3, -0.25) is 4.79 Å². The molecule has 0 aromatic rings. The third kappa shape index (κ3) is 2.46. The van der Waals surface area contributed by atoms with E-state index in [-0.39, 0.29) is 17.0 Å². The molecule has 136 valence electrons. The second-order valence-corrected chi connectivity index (χ2v) is 9.57. The standard InChI is InChI=1S/C21H34O3/c1-15-8-9-16-18(2,3)10-7-11-20(16,5)21(15)13-12-19(4,24-21)14-17(22)23-6/h8,16H,7,9-14H2,1-6H3/t16-,19+,20+,21-/m1/s1. The zero-order valence-corrected chi connectivity index (χ0v) is 16.3. The van der Waals surface area contributed by atoms with E-state index < -0.39 is 5.60 Å². The molecule has 2 aliphatic carbocycles. The monoisotopic (exact) mass is 334 g/mol. The van der Waals surface area contributed by atoms with Crippen molar-refractivity contribution < 1.29 is 14.3 Å². The number of fused-ring (bicyclic) bond motifs is 2. The molecule has 0 aromatic heterocycles. The Hall–Kier alpha value is -0.830. The molecule has 0 bridgehead atoms. The van der Waals surface area contributed by atoms with Crippen LogP contribution in [-0.4, -0.2) is 24.3 Å². The van der Waals surface area contributed by atoms with Gasteiger partial charge in [-0.05, 0) is 62.9 Å². The Morgan fingerprint density at radius 1 is 1.21 bits per heavy atom. The second-order valence-electron chi connectivity index (χ2n) is 9.57. The number of methoxy groups -OCH3 is 1. The molecule has 3 heteroatoms. The molecule has 3 nitrogen and oxygen atoms in total. The van der Waals surface area contributed by atoms with Crippen molar-refractivity contribution in [1.82, 2.24) is 0 Å². The fraction of sp³-hybridized carbons (Fsp3) is 0.857. The van der Waals surface area contributed by atoms with Crippen LogP contribution in [0.25, 0.3) is 0 Å². The Kier molecular flexibility index (Phi) is 4.18. The van der Waals surface area contributed by atoms with Crippen molar-refractivity contribution in [1.29, 1.82) is 0 Å². The zero-order valence-electron chi connectivity index (χ0n) is 16.3. The van der Waals surface area contributed by atoms with Gasteiger partial charge in [0.25, 0.3) is 0 Å². The summed E-state index contributed by atoms with van der Waals surface area (Å²) in [7, 11) is 1.46. The van der Waals surface area contributed by atoms with E-state index in [2.05, 4.69) is 40.7 Å². The van der Waals surface area contributed by atoms with E-state index in [1.807, 2.05) is 0 Å². The molecular weight excluding hydrogens is 300 g/mol. The Morgan fingerprint density at radius 2 is 1.92 bits per heavy atom. The van der Waals surface area contributed by atoms with Crippen molar-refractivity contribution in [3.05, 3.63) is 11.6 Å². The molecule has 1 heterocycles. The van der Waals surface area contributed by atoms with Gasteiger partial charge in [-0.15, -0.1) is 0 Å². The van der Waals surface area contributed by atoms with E-state index >= 15 is 0 Å². The Morgan fingerprint density at radius 3 is 2.58 bits per heavy atom. The van der Waals surface area contributed by atoms with Gasteiger partial charge in [-0.1, -0.05) is 33.3 Å². The van der Waals surface area contributed by atoms with E-state index in [0.717, 1.165) is 19.3 Å². The second kappa shape index (κ2) is 5.59. The highest BCUT2D eigenvalue weighted by atomic mass is 16.5. The maximum absolute atomic E-state index is 11.9. The fourth-order valence-electron chi connectivity index (χ4n) is 6.24. The smallest absolute Gasteiger partial charge is 0.308 e. The van der Waals surface area contributed by atoms with Gasteiger partial charge in [0.1, 0.15) is 0 Å². The highest BCUT2D eigenvalue weighted by Gasteiger charge is 2.64. The maximum Gasteiger partial charge on any atom is 0.308 e. The van der Waals surface area contributed by atoms with Gasteiger partial charge in [-0.2, -0.15) is 0 Å². The predicted molar refractivity (Wildman–Crippen MR) is 95.7 cm³/mol. The summed E-state index contributed by atoms with van der Waals surface area (Å²) < 4.78 is 11.8. The molecule has 2 fully saturated rings. The molecule has 0 radical (unpaired) electrons. The summed E-state index contributed by atoms with van der Waals surface area (Å²) in [5, 5.41) is 0. The van der Waals surface area contributed by atoms with Crippen LogP contribution in [0.1, 0.15) is 79.6 Å². The lowest BCUT2D eigenvalue weighted by molar-refractivity contribution is -0.193. The summed E-state index contributed by atoms with van der Waals surface area (Å²) in [6.07, 6.45) is 9.67. The molecule has 0 N–H and O–H groups in total. The number of carbonyl (C=O) groups excluding carboxylic acids is 1. The highest BCUT2D eigenvalue weighted by Crippen LogP contribution is 2.66. The fourth-order valence-corrected chi connectivity index (χ4v) is 6.24. The first kappa shape index (κ1) is 18.0. The van der Waals surface area contributed by atoms with Crippen molar-refractivity contribution in [2.45, 2.75) is 90.8 Å². The Bertz CT molecular complexity index is 563. The average molecular weight is 335 g/mol. The average Bonchev–Trinajstić information content (AvgIpc) is 2.83. The Balaban J connectivity index is 1.98. The number of carbonyl (C=O) groups is 1. The lowest BCUT2D eigenvalue weighted by atomic mass is 9.46. The Labute approximate surface area is 147 Å². The summed E-state index contributed by atoms with van der Waals surface area (Å²) in [4.78, 5) is 11.9. The molecule has 1 aliphatic heterocycles. The van der Waals surface area contributed by atoms with Gasteiger partial charge < -0.3 is 9.47 Å². The van der Waals surface area contributed by atoms with Crippen molar-refractivity contribution in [2.24, 2.45) is 16.7 Å². The normalized spacial score (nSPS) is 44.1. The van der Waals surface area contributed by atoms with E-state index in [4.69, 9.17) is 9.47 Å². The maximum atomic E-state index is 11.9. The first-order valence-corrected chi connectivity index (χ1v) is 9.53. The SMILES string of the molecule is COC(=O)C[C@]1(C)CC[C@@]2(O1)C(C)=CC[C@@H]1C(C)(C)CCC[C@@]12C. The van der Waals surface area contributed by atoms with Gasteiger partial charge in [0.05, 0.1) is 24.7 Å². The van der Waals surface area contributed by atoms with Crippen LogP contribution in [0.3, 0.4) is 0 Å². The van der Waals surface area contributed by atoms with Crippen LogP contribution in [0, 0.1) is 16.7 Å². The zero-order chi connectivity index (χ0) is 17.8. The number of hydrogen-bond acceptors (Lipinski definition) is 3. The number of esters is 1. The molecular formula is C21H34O3. The molecule has 1 saturated heterocycles. The first-order valence-electron chi connectivity index (χ1n) is 9.53. The molecule has 24 heavy (non-hydrogen) atoms. The van der Waals surface area contributed by atoms with E-state index in [9.17, 15) is 4.79 Å². The van der Waals surface area contributed by atoms with Gasteiger partial charge in [-0.25, -0.2) is 0 Å². The van der Waals surface area contributed by atoms with Crippen LogP contribution in [0.15, 0.2) is 11.6 Å². The third-order valence-corrected chi connectivity index (χ3v) is 7.62. The molecule has 3 rings (SSSR count). The molecule has 1 spiro atoms. The minimum absolute atomic E-state index is 0.154. The topological polar surface area (TPSA) is 35.5 Å². The lowest BCUT2D eigenvalue weighted by Crippen LogP contribution is -2.59. The van der Waals surface area contributed by atoms with E-state index in [0.29, 0.717) is 17.8 Å². The molecule has 3 aliphatic rings. The van der Waals surface area contributed by atoms with Gasteiger partial charge >= 0.3 is 5.97 Å². The van der Waals surface area contributed by atoms with Crippen LogP contribution in [0.4, 0.5) is 0 Å². The minimum atomic E-state index is -0.408. The van der Waals surface area contributed by atoms with E-state index in [1.54, 1.807) is 0 Å². The molecule has 1 saturated carbocycles. The predicted octanol–water partition coefficient (Wildman–Crippen LogP) is 5.04. The van der Waals surface area contributed by atoms with Crippen LogP contribution in [0.2, 0.25) is 0 Å². The number of rotatable bonds is 2. The summed E-state index contributed by atoms with van der Waals surface area (Å²) in [5.41, 5.74) is 1.27. The van der Waals surface area contributed by atoms with Crippen molar-refractivity contribution in [2.75, 3.05) is 7.11 Å². The largest absolute Gasteiger partial charge is 0.469 e. The van der Waals surface area contributed by atoms with Crippen LogP contribution < -0.4 is 0 Å². The number of ether oxygens (including phenoxy) is 2. The summed E-state index contributed by atoms with van der Waals surface area (Å²) in [5.74, 6) is 0.473. The quantitative estimate of drug-likeness (QED) is 0.524. The summed E-state index contributed by atoms with van der Waals surface area (Å²) >= 11 is 0.